The highest BCUT2D eigenvalue weighted by atomic mass is 16.5. The summed E-state index contributed by atoms with van der Waals surface area (Å²) in [6.45, 7) is 3.27. The molecule has 0 amide bonds. The van der Waals surface area contributed by atoms with E-state index in [1.54, 1.807) is 12.1 Å². The summed E-state index contributed by atoms with van der Waals surface area (Å²) in [6.07, 6.45) is 0.665. The lowest BCUT2D eigenvalue weighted by atomic mass is 10.0. The third kappa shape index (κ3) is 1.82. The summed E-state index contributed by atoms with van der Waals surface area (Å²) in [5.74, 6) is 0.509. The Morgan fingerprint density at radius 3 is 2.50 bits per heavy atom. The fourth-order valence-corrected chi connectivity index (χ4v) is 1.33. The molecule has 3 heteroatoms. The van der Waals surface area contributed by atoms with E-state index in [4.69, 9.17) is 4.74 Å². The lowest BCUT2D eigenvalue weighted by Crippen LogP contribution is -2.01. The maximum atomic E-state index is 11.2. The Labute approximate surface area is 82.7 Å². The molecule has 1 aromatic carbocycles. The molecule has 0 aliphatic heterocycles. The van der Waals surface area contributed by atoms with Crippen LogP contribution in [0.3, 0.4) is 0 Å². The van der Waals surface area contributed by atoms with E-state index in [1.165, 1.54) is 14.0 Å². The third-order valence-electron chi connectivity index (χ3n) is 2.07. The Balaban J connectivity index is 3.38. The number of methoxy groups -OCH3 is 1. The van der Waals surface area contributed by atoms with Crippen LogP contribution in [-0.2, 0) is 0 Å². The second-order valence-corrected chi connectivity index (χ2v) is 3.08. The normalized spacial score (nSPS) is 9.64. The minimum Gasteiger partial charge on any atom is -0.496 e. The Hall–Kier alpha value is -1.64. The molecular formula is C11H12O3. The van der Waals surface area contributed by atoms with Gasteiger partial charge in [0.25, 0.3) is 0 Å². The van der Waals surface area contributed by atoms with Gasteiger partial charge in [-0.25, -0.2) is 0 Å². The molecule has 3 nitrogen and oxygen atoms in total. The number of benzene rings is 1. The number of aldehydes is 1. The lowest BCUT2D eigenvalue weighted by Gasteiger charge is -2.08. The van der Waals surface area contributed by atoms with Crippen molar-refractivity contribution < 1.29 is 14.3 Å². The Kier molecular flexibility index (Phi) is 3.02. The Morgan fingerprint density at radius 1 is 1.43 bits per heavy atom. The molecule has 0 unspecified atom stereocenters. The molecule has 0 heterocycles. The molecule has 0 fully saturated rings. The number of Topliss-reactive ketones (excluding diaryl/α,β-unsaturated/α-hetero) is 1. The van der Waals surface area contributed by atoms with Gasteiger partial charge in [0.2, 0.25) is 0 Å². The van der Waals surface area contributed by atoms with Crippen LogP contribution in [0.15, 0.2) is 12.1 Å². The zero-order valence-electron chi connectivity index (χ0n) is 8.46. The third-order valence-corrected chi connectivity index (χ3v) is 2.07. The first-order valence-corrected chi connectivity index (χ1v) is 4.25. The quantitative estimate of drug-likeness (QED) is 0.543. The first kappa shape index (κ1) is 10.4. The molecule has 1 aromatic rings. The van der Waals surface area contributed by atoms with Crippen molar-refractivity contribution >= 4 is 12.1 Å². The first-order valence-electron chi connectivity index (χ1n) is 4.25. The summed E-state index contributed by atoms with van der Waals surface area (Å²) >= 11 is 0. The van der Waals surface area contributed by atoms with E-state index in [2.05, 4.69) is 0 Å². The molecule has 0 aliphatic carbocycles. The summed E-state index contributed by atoms with van der Waals surface area (Å²) in [5.41, 5.74) is 1.67. The van der Waals surface area contributed by atoms with Gasteiger partial charge in [-0.3, -0.25) is 9.59 Å². The lowest BCUT2D eigenvalue weighted by molar-refractivity contribution is 0.100. The summed E-state index contributed by atoms with van der Waals surface area (Å²) in [5, 5.41) is 0. The zero-order chi connectivity index (χ0) is 10.7. The molecule has 0 aromatic heterocycles. The fourth-order valence-electron chi connectivity index (χ4n) is 1.33. The van der Waals surface area contributed by atoms with Crippen molar-refractivity contribution in [3.05, 3.63) is 28.8 Å². The van der Waals surface area contributed by atoms with Gasteiger partial charge in [0.1, 0.15) is 5.75 Å². The van der Waals surface area contributed by atoms with Crippen LogP contribution in [0.2, 0.25) is 0 Å². The van der Waals surface area contributed by atoms with E-state index in [0.29, 0.717) is 23.2 Å². The maximum Gasteiger partial charge on any atom is 0.160 e. The number of aryl methyl sites for hydroxylation is 1. The van der Waals surface area contributed by atoms with Gasteiger partial charge >= 0.3 is 0 Å². The van der Waals surface area contributed by atoms with Crippen molar-refractivity contribution in [1.82, 2.24) is 0 Å². The summed E-state index contributed by atoms with van der Waals surface area (Å²) in [6, 6.07) is 3.25. The highest BCUT2D eigenvalue weighted by Crippen LogP contribution is 2.22. The van der Waals surface area contributed by atoms with Crippen LogP contribution < -0.4 is 4.74 Å². The smallest absolute Gasteiger partial charge is 0.160 e. The van der Waals surface area contributed by atoms with Gasteiger partial charge in [-0.05, 0) is 31.5 Å². The first-order chi connectivity index (χ1) is 6.60. The summed E-state index contributed by atoms with van der Waals surface area (Å²) in [7, 11) is 1.53. The van der Waals surface area contributed by atoms with Gasteiger partial charge in [-0.1, -0.05) is 0 Å². The van der Waals surface area contributed by atoms with Crippen LogP contribution in [-0.4, -0.2) is 19.2 Å². The number of ether oxygens (including phenoxy) is 1. The predicted molar refractivity (Wildman–Crippen MR) is 53.1 cm³/mol. The molecule has 74 valence electrons. The van der Waals surface area contributed by atoms with Gasteiger partial charge in [-0.2, -0.15) is 0 Å². The fraction of sp³-hybridized carbons (Fsp3) is 0.273. The zero-order valence-corrected chi connectivity index (χ0v) is 8.46. The maximum absolute atomic E-state index is 11.2. The van der Waals surface area contributed by atoms with E-state index in [0.717, 1.165) is 5.56 Å². The molecule has 0 spiro atoms. The number of carbonyl (C=O) groups excluding carboxylic acids is 2. The standard InChI is InChI=1S/C11H12O3/c1-7-4-10(8(2)13)9(6-12)5-11(7)14-3/h4-6H,1-3H3. The van der Waals surface area contributed by atoms with Crippen molar-refractivity contribution in [1.29, 1.82) is 0 Å². The van der Waals surface area contributed by atoms with E-state index in [-0.39, 0.29) is 5.78 Å². The van der Waals surface area contributed by atoms with E-state index >= 15 is 0 Å². The van der Waals surface area contributed by atoms with Crippen LogP contribution in [0, 0.1) is 6.92 Å². The second-order valence-electron chi connectivity index (χ2n) is 3.08. The molecule has 0 N–H and O–H groups in total. The number of hydrogen-bond donors (Lipinski definition) is 0. The predicted octanol–water partition coefficient (Wildman–Crippen LogP) is 2.02. The van der Waals surface area contributed by atoms with Gasteiger partial charge in [0.15, 0.2) is 12.1 Å². The van der Waals surface area contributed by atoms with Gasteiger partial charge in [0.05, 0.1) is 7.11 Å². The monoisotopic (exact) mass is 192 g/mol. The van der Waals surface area contributed by atoms with Crippen molar-refractivity contribution in [2.24, 2.45) is 0 Å². The van der Waals surface area contributed by atoms with Crippen LogP contribution >= 0.6 is 0 Å². The van der Waals surface area contributed by atoms with Crippen LogP contribution in [0.4, 0.5) is 0 Å². The largest absolute Gasteiger partial charge is 0.496 e. The summed E-state index contributed by atoms with van der Waals surface area (Å²) in [4.78, 5) is 21.9. The molecule has 1 rings (SSSR count). The van der Waals surface area contributed by atoms with Crippen LogP contribution in [0.5, 0.6) is 5.75 Å². The molecule has 14 heavy (non-hydrogen) atoms. The van der Waals surface area contributed by atoms with Gasteiger partial charge in [-0.15, -0.1) is 0 Å². The molecule has 0 saturated heterocycles. The van der Waals surface area contributed by atoms with Crippen molar-refractivity contribution in [3.63, 3.8) is 0 Å². The number of ketones is 1. The molecular weight excluding hydrogens is 180 g/mol. The molecule has 0 saturated carbocycles. The van der Waals surface area contributed by atoms with Gasteiger partial charge < -0.3 is 4.74 Å². The minimum atomic E-state index is -0.113. The van der Waals surface area contributed by atoms with Crippen LogP contribution in [0.25, 0.3) is 0 Å². The van der Waals surface area contributed by atoms with Crippen molar-refractivity contribution in [3.8, 4) is 5.75 Å². The Morgan fingerprint density at radius 2 is 2.07 bits per heavy atom. The molecule has 0 bridgehead atoms. The highest BCUT2D eigenvalue weighted by Gasteiger charge is 2.10. The molecule has 0 radical (unpaired) electrons. The average molecular weight is 192 g/mol. The average Bonchev–Trinajstić information content (AvgIpc) is 2.17. The SMILES string of the molecule is COc1cc(C=O)c(C(C)=O)cc1C. The van der Waals surface area contributed by atoms with Gasteiger partial charge in [0, 0.05) is 11.1 Å². The topological polar surface area (TPSA) is 43.4 Å². The summed E-state index contributed by atoms with van der Waals surface area (Å²) < 4.78 is 5.05. The number of carbonyl (C=O) groups is 2. The van der Waals surface area contributed by atoms with Crippen molar-refractivity contribution in [2.45, 2.75) is 13.8 Å². The minimum absolute atomic E-state index is 0.113. The number of hydrogen-bond acceptors (Lipinski definition) is 3. The van der Waals surface area contributed by atoms with Crippen molar-refractivity contribution in [2.75, 3.05) is 7.11 Å². The highest BCUT2D eigenvalue weighted by molar-refractivity contribution is 6.01. The molecule has 0 aliphatic rings. The van der Waals surface area contributed by atoms with E-state index in [9.17, 15) is 9.59 Å². The van der Waals surface area contributed by atoms with Crippen LogP contribution in [0.1, 0.15) is 33.2 Å². The van der Waals surface area contributed by atoms with E-state index in [1.807, 2.05) is 6.92 Å². The molecule has 0 atom stereocenters. The Bertz CT molecular complexity index is 380. The van der Waals surface area contributed by atoms with E-state index < -0.39 is 0 Å². The second kappa shape index (κ2) is 4.05. The number of rotatable bonds is 3.